The van der Waals surface area contributed by atoms with Crippen LogP contribution >= 0.6 is 0 Å². The quantitative estimate of drug-likeness (QED) is 0.498. The summed E-state index contributed by atoms with van der Waals surface area (Å²) < 4.78 is 18.7. The predicted octanol–water partition coefficient (Wildman–Crippen LogP) is 5.29. The Labute approximate surface area is 162 Å². The minimum Gasteiger partial charge on any atom is -0.505 e. The lowest BCUT2D eigenvalue weighted by molar-refractivity contribution is 0.415. The number of anilines is 1. The summed E-state index contributed by atoms with van der Waals surface area (Å²) in [7, 11) is 1.61. The number of phenolic OH excluding ortho intramolecular Hbond substituents is 1. The zero-order valence-electron chi connectivity index (χ0n) is 15.3. The molecule has 3 aromatic carbocycles. The first-order valence-electron chi connectivity index (χ1n) is 8.88. The van der Waals surface area contributed by atoms with Crippen LogP contribution in [-0.2, 0) is 0 Å². The first kappa shape index (κ1) is 17.8. The first-order chi connectivity index (χ1) is 13.7. The van der Waals surface area contributed by atoms with Gasteiger partial charge in [0.2, 0.25) is 0 Å². The third kappa shape index (κ3) is 3.47. The van der Waals surface area contributed by atoms with Gasteiger partial charge in [-0.25, -0.2) is 4.39 Å². The highest BCUT2D eigenvalue weighted by atomic mass is 19.1. The lowest BCUT2D eigenvalue weighted by atomic mass is 9.96. The summed E-state index contributed by atoms with van der Waals surface area (Å²) >= 11 is 0. The van der Waals surface area contributed by atoms with Gasteiger partial charge in [-0.15, -0.1) is 0 Å². The average Bonchev–Trinajstić information content (AvgIpc) is 2.74. The zero-order chi connectivity index (χ0) is 19.5. The number of pyridine rings is 1. The number of aromatic hydroxyl groups is 1. The molecule has 4 nitrogen and oxygen atoms in total. The van der Waals surface area contributed by atoms with Crippen LogP contribution < -0.4 is 10.1 Å². The Bertz CT molecular complexity index is 1100. The van der Waals surface area contributed by atoms with Crippen LogP contribution in [0, 0.1) is 5.82 Å². The molecule has 2 N–H and O–H groups in total. The molecular formula is C23H19FN2O2. The van der Waals surface area contributed by atoms with Crippen LogP contribution in [0.15, 0.2) is 79.0 Å². The Balaban J connectivity index is 1.80. The van der Waals surface area contributed by atoms with Crippen molar-refractivity contribution in [3.8, 4) is 11.5 Å². The van der Waals surface area contributed by atoms with E-state index in [0.717, 1.165) is 22.4 Å². The van der Waals surface area contributed by atoms with Gasteiger partial charge in [0.1, 0.15) is 22.8 Å². The summed E-state index contributed by atoms with van der Waals surface area (Å²) in [6.07, 6.45) is 1.65. The molecule has 0 aliphatic carbocycles. The number of hydrogen-bond donors (Lipinski definition) is 2. The monoisotopic (exact) mass is 374 g/mol. The maximum atomic E-state index is 13.5. The molecule has 1 unspecified atom stereocenters. The van der Waals surface area contributed by atoms with Crippen molar-refractivity contribution in [1.82, 2.24) is 4.98 Å². The number of nitrogens with zero attached hydrogens (tertiary/aromatic N) is 1. The number of ether oxygens (including phenoxy) is 1. The fourth-order valence-electron chi connectivity index (χ4n) is 3.23. The van der Waals surface area contributed by atoms with Gasteiger partial charge in [0.25, 0.3) is 0 Å². The minimum atomic E-state index is -0.389. The first-order valence-corrected chi connectivity index (χ1v) is 8.88. The van der Waals surface area contributed by atoms with Gasteiger partial charge < -0.3 is 15.2 Å². The Morgan fingerprint density at radius 2 is 1.71 bits per heavy atom. The summed E-state index contributed by atoms with van der Waals surface area (Å²) in [6, 6.07) is 20.9. The van der Waals surface area contributed by atoms with Crippen molar-refractivity contribution in [2.75, 3.05) is 12.4 Å². The van der Waals surface area contributed by atoms with Crippen LogP contribution in [-0.4, -0.2) is 17.2 Å². The molecule has 4 rings (SSSR count). The molecule has 1 heterocycles. The van der Waals surface area contributed by atoms with Crippen molar-refractivity contribution in [1.29, 1.82) is 0 Å². The zero-order valence-corrected chi connectivity index (χ0v) is 15.3. The minimum absolute atomic E-state index is 0.105. The van der Waals surface area contributed by atoms with Gasteiger partial charge in [-0.05, 0) is 48.0 Å². The van der Waals surface area contributed by atoms with Crippen LogP contribution in [0.3, 0.4) is 0 Å². The number of fused-ring (bicyclic) bond motifs is 1. The van der Waals surface area contributed by atoms with E-state index in [1.807, 2.05) is 48.5 Å². The molecule has 0 amide bonds. The predicted molar refractivity (Wildman–Crippen MR) is 108 cm³/mol. The second-order valence-corrected chi connectivity index (χ2v) is 6.44. The van der Waals surface area contributed by atoms with Gasteiger partial charge >= 0.3 is 0 Å². The fourth-order valence-corrected chi connectivity index (χ4v) is 3.23. The van der Waals surface area contributed by atoms with Gasteiger partial charge in [-0.3, -0.25) is 4.98 Å². The smallest absolute Gasteiger partial charge is 0.147 e. The van der Waals surface area contributed by atoms with E-state index in [0.29, 0.717) is 11.1 Å². The third-order valence-corrected chi connectivity index (χ3v) is 4.69. The Morgan fingerprint density at radius 3 is 2.43 bits per heavy atom. The van der Waals surface area contributed by atoms with Crippen LogP contribution in [0.2, 0.25) is 0 Å². The largest absolute Gasteiger partial charge is 0.505 e. The number of benzene rings is 3. The number of halogens is 1. The van der Waals surface area contributed by atoms with Crippen molar-refractivity contribution in [3.05, 3.63) is 95.9 Å². The summed E-state index contributed by atoms with van der Waals surface area (Å²) in [5, 5.41) is 15.2. The number of hydrogen-bond acceptors (Lipinski definition) is 4. The maximum Gasteiger partial charge on any atom is 0.147 e. The fraction of sp³-hybridized carbons (Fsp3) is 0.0870. The van der Waals surface area contributed by atoms with Crippen molar-refractivity contribution in [2.45, 2.75) is 6.04 Å². The summed E-state index contributed by atoms with van der Waals surface area (Å²) in [5.74, 6) is 0.548. The van der Waals surface area contributed by atoms with E-state index in [1.54, 1.807) is 25.4 Å². The lowest BCUT2D eigenvalue weighted by Gasteiger charge is -2.22. The highest BCUT2D eigenvalue weighted by Gasteiger charge is 2.20. The second kappa shape index (κ2) is 7.56. The second-order valence-electron chi connectivity index (χ2n) is 6.44. The van der Waals surface area contributed by atoms with E-state index in [1.165, 1.54) is 12.1 Å². The Morgan fingerprint density at radius 1 is 0.964 bits per heavy atom. The molecule has 0 radical (unpaired) electrons. The number of methoxy groups -OCH3 is 1. The molecule has 140 valence electrons. The van der Waals surface area contributed by atoms with Gasteiger partial charge in [-0.1, -0.05) is 30.3 Å². The number of nitrogens with one attached hydrogen (secondary N) is 1. The molecule has 0 saturated carbocycles. The molecule has 1 aromatic heterocycles. The number of rotatable bonds is 5. The molecule has 0 bridgehead atoms. The normalized spacial score (nSPS) is 11.9. The Hall–Kier alpha value is -3.60. The highest BCUT2D eigenvalue weighted by molar-refractivity contribution is 5.86. The van der Waals surface area contributed by atoms with Gasteiger partial charge in [0, 0.05) is 22.8 Å². The van der Waals surface area contributed by atoms with Gasteiger partial charge in [-0.2, -0.15) is 0 Å². The van der Waals surface area contributed by atoms with Gasteiger partial charge in [0.15, 0.2) is 0 Å². The van der Waals surface area contributed by atoms with E-state index < -0.39 is 0 Å². The highest BCUT2D eigenvalue weighted by Crippen LogP contribution is 2.36. The lowest BCUT2D eigenvalue weighted by Crippen LogP contribution is -2.13. The molecule has 0 saturated heterocycles. The van der Waals surface area contributed by atoms with E-state index in [4.69, 9.17) is 4.74 Å². The van der Waals surface area contributed by atoms with Crippen molar-refractivity contribution in [3.63, 3.8) is 0 Å². The topological polar surface area (TPSA) is 54.4 Å². The van der Waals surface area contributed by atoms with Crippen molar-refractivity contribution < 1.29 is 14.2 Å². The molecule has 0 aliphatic heterocycles. The molecule has 28 heavy (non-hydrogen) atoms. The standard InChI is InChI=1S/C23H19FN2O2/c1-28-19-11-9-18(10-12-19)26-21(16-4-7-17(24)8-5-16)20-13-6-15-3-2-14-25-22(15)23(20)27/h2-14,21,26-27H,1H3. The van der Waals surface area contributed by atoms with Crippen LogP contribution in [0.4, 0.5) is 10.1 Å². The molecule has 1 atom stereocenters. The van der Waals surface area contributed by atoms with E-state index >= 15 is 0 Å². The summed E-state index contributed by atoms with van der Waals surface area (Å²) in [6.45, 7) is 0. The molecule has 0 aliphatic rings. The number of aromatic nitrogens is 1. The van der Waals surface area contributed by atoms with Crippen molar-refractivity contribution in [2.24, 2.45) is 0 Å². The molecule has 4 aromatic rings. The average molecular weight is 374 g/mol. The maximum absolute atomic E-state index is 13.5. The SMILES string of the molecule is COc1ccc(NC(c2ccc(F)cc2)c2ccc3cccnc3c2O)cc1. The third-order valence-electron chi connectivity index (χ3n) is 4.69. The van der Waals surface area contributed by atoms with Gasteiger partial charge in [0.05, 0.1) is 13.2 Å². The summed E-state index contributed by atoms with van der Waals surface area (Å²) in [5.41, 5.74) is 2.86. The Kier molecular flexibility index (Phi) is 4.81. The molecule has 0 fully saturated rings. The van der Waals surface area contributed by atoms with Crippen LogP contribution in [0.5, 0.6) is 11.5 Å². The molecular weight excluding hydrogens is 355 g/mol. The molecule has 5 heteroatoms. The van der Waals surface area contributed by atoms with Crippen LogP contribution in [0.1, 0.15) is 17.2 Å². The van der Waals surface area contributed by atoms with E-state index in [9.17, 15) is 9.50 Å². The van der Waals surface area contributed by atoms with E-state index in [2.05, 4.69) is 10.3 Å². The van der Waals surface area contributed by atoms with Crippen molar-refractivity contribution >= 4 is 16.6 Å². The number of phenols is 1. The van der Waals surface area contributed by atoms with E-state index in [-0.39, 0.29) is 17.6 Å². The van der Waals surface area contributed by atoms with Crippen LogP contribution in [0.25, 0.3) is 10.9 Å². The molecule has 0 spiro atoms. The summed E-state index contributed by atoms with van der Waals surface area (Å²) in [4.78, 5) is 4.31.